The second kappa shape index (κ2) is 5.44. The summed E-state index contributed by atoms with van der Waals surface area (Å²) in [7, 11) is 0. The van der Waals surface area contributed by atoms with Gasteiger partial charge in [-0.2, -0.15) is 0 Å². The Morgan fingerprint density at radius 2 is 1.89 bits per heavy atom. The lowest BCUT2D eigenvalue weighted by Crippen LogP contribution is -2.01. The molecule has 0 fully saturated rings. The summed E-state index contributed by atoms with van der Waals surface area (Å²) >= 11 is 0. The zero-order chi connectivity index (χ0) is 13.9. The van der Waals surface area contributed by atoms with Gasteiger partial charge < -0.3 is 5.11 Å². The Morgan fingerprint density at radius 3 is 2.33 bits per heavy atom. The number of nitro benzene ring substituents is 2. The molecule has 7 heteroatoms. The van der Waals surface area contributed by atoms with E-state index in [2.05, 4.69) is 0 Å². The molecule has 98 valence electrons. The third-order valence-corrected chi connectivity index (χ3v) is 2.83. The van der Waals surface area contributed by atoms with Gasteiger partial charge in [-0.3, -0.25) is 20.2 Å². The van der Waals surface area contributed by atoms with Crippen molar-refractivity contribution in [3.8, 4) is 5.75 Å². The normalized spacial score (nSPS) is 12.1. The fourth-order valence-corrected chi connectivity index (χ4v) is 1.58. The highest BCUT2D eigenvalue weighted by atomic mass is 16.6. The van der Waals surface area contributed by atoms with Crippen molar-refractivity contribution in [2.45, 2.75) is 26.7 Å². The second-order valence-corrected chi connectivity index (χ2v) is 4.20. The molecule has 1 aromatic rings. The van der Waals surface area contributed by atoms with Crippen LogP contribution in [0.4, 0.5) is 11.4 Å². The van der Waals surface area contributed by atoms with Gasteiger partial charge in [0.1, 0.15) is 0 Å². The molecule has 0 aromatic heterocycles. The monoisotopic (exact) mass is 254 g/mol. The van der Waals surface area contributed by atoms with Crippen LogP contribution in [0.2, 0.25) is 0 Å². The van der Waals surface area contributed by atoms with Crippen LogP contribution >= 0.6 is 0 Å². The summed E-state index contributed by atoms with van der Waals surface area (Å²) in [5.74, 6) is -0.302. The van der Waals surface area contributed by atoms with Crippen LogP contribution in [0.15, 0.2) is 12.1 Å². The minimum absolute atomic E-state index is 0.178. The van der Waals surface area contributed by atoms with Gasteiger partial charge >= 0.3 is 5.69 Å². The van der Waals surface area contributed by atoms with Crippen molar-refractivity contribution in [1.29, 1.82) is 0 Å². The lowest BCUT2D eigenvalue weighted by atomic mass is 9.97. The van der Waals surface area contributed by atoms with Crippen LogP contribution in [-0.4, -0.2) is 15.0 Å². The van der Waals surface area contributed by atoms with Crippen LogP contribution in [-0.2, 0) is 6.42 Å². The predicted octanol–water partition coefficient (Wildman–Crippen LogP) is 2.80. The first-order chi connectivity index (χ1) is 8.36. The van der Waals surface area contributed by atoms with E-state index >= 15 is 0 Å². The molecular weight excluding hydrogens is 240 g/mol. The Hall–Kier alpha value is -2.18. The topological polar surface area (TPSA) is 107 Å². The van der Waals surface area contributed by atoms with E-state index in [0.717, 1.165) is 12.5 Å². The molecular formula is C11H14N2O5. The van der Waals surface area contributed by atoms with Gasteiger partial charge in [-0.25, -0.2) is 0 Å². The minimum Gasteiger partial charge on any atom is -0.502 e. The fraction of sp³-hybridized carbons (Fsp3) is 0.455. The Kier molecular flexibility index (Phi) is 4.19. The van der Waals surface area contributed by atoms with Crippen molar-refractivity contribution < 1.29 is 15.0 Å². The predicted molar refractivity (Wildman–Crippen MR) is 64.6 cm³/mol. The number of benzene rings is 1. The highest BCUT2D eigenvalue weighted by molar-refractivity contribution is 5.57. The first-order valence-corrected chi connectivity index (χ1v) is 5.51. The number of phenols is 1. The van der Waals surface area contributed by atoms with Crippen molar-refractivity contribution in [2.75, 3.05) is 0 Å². The van der Waals surface area contributed by atoms with Crippen LogP contribution in [0.25, 0.3) is 0 Å². The largest absolute Gasteiger partial charge is 0.502 e. The molecule has 0 bridgehead atoms. The standard InChI is InChI=1S/C11H14N2O5/c1-3-7(2)4-8-5-9(12(15)16)6-10(11(8)14)13(17)18/h5-7,14H,3-4H2,1-2H3. The van der Waals surface area contributed by atoms with E-state index in [0.29, 0.717) is 6.42 Å². The van der Waals surface area contributed by atoms with Crippen molar-refractivity contribution in [3.63, 3.8) is 0 Å². The number of hydrogen-bond acceptors (Lipinski definition) is 5. The van der Waals surface area contributed by atoms with E-state index in [4.69, 9.17) is 0 Å². The molecule has 0 saturated heterocycles. The van der Waals surface area contributed by atoms with Gasteiger partial charge in [0.2, 0.25) is 0 Å². The molecule has 0 aliphatic carbocycles. The Morgan fingerprint density at radius 1 is 1.28 bits per heavy atom. The summed E-state index contributed by atoms with van der Waals surface area (Å²) in [5, 5.41) is 31.2. The first-order valence-electron chi connectivity index (χ1n) is 5.51. The van der Waals surface area contributed by atoms with E-state index in [1.54, 1.807) is 0 Å². The molecule has 7 nitrogen and oxygen atoms in total. The molecule has 18 heavy (non-hydrogen) atoms. The number of nitro groups is 2. The molecule has 0 amide bonds. The van der Waals surface area contributed by atoms with Crippen molar-refractivity contribution in [3.05, 3.63) is 37.9 Å². The Balaban J connectivity index is 3.31. The van der Waals surface area contributed by atoms with Gasteiger partial charge in [-0.1, -0.05) is 20.3 Å². The lowest BCUT2D eigenvalue weighted by Gasteiger charge is -2.10. The van der Waals surface area contributed by atoms with E-state index < -0.39 is 21.3 Å². The summed E-state index contributed by atoms with van der Waals surface area (Å²) in [5.41, 5.74) is -0.759. The maximum atomic E-state index is 10.7. The van der Waals surface area contributed by atoms with Crippen molar-refractivity contribution in [2.24, 2.45) is 5.92 Å². The highest BCUT2D eigenvalue weighted by Gasteiger charge is 2.24. The van der Waals surface area contributed by atoms with Gasteiger partial charge in [0.05, 0.1) is 15.9 Å². The van der Waals surface area contributed by atoms with Crippen LogP contribution < -0.4 is 0 Å². The summed E-state index contributed by atoms with van der Waals surface area (Å²) < 4.78 is 0. The first kappa shape index (κ1) is 13.9. The molecule has 1 N–H and O–H groups in total. The average molecular weight is 254 g/mol. The highest BCUT2D eigenvalue weighted by Crippen LogP contribution is 2.35. The third-order valence-electron chi connectivity index (χ3n) is 2.83. The van der Waals surface area contributed by atoms with Crippen molar-refractivity contribution in [1.82, 2.24) is 0 Å². The number of nitrogens with zero attached hydrogens (tertiary/aromatic N) is 2. The smallest absolute Gasteiger partial charge is 0.317 e. The molecule has 1 atom stereocenters. The van der Waals surface area contributed by atoms with E-state index in [-0.39, 0.29) is 17.2 Å². The third kappa shape index (κ3) is 2.93. The zero-order valence-corrected chi connectivity index (χ0v) is 10.1. The molecule has 0 spiro atoms. The van der Waals surface area contributed by atoms with Gasteiger partial charge in [-0.15, -0.1) is 0 Å². The van der Waals surface area contributed by atoms with E-state index in [1.165, 1.54) is 6.07 Å². The van der Waals surface area contributed by atoms with Gasteiger partial charge in [-0.05, 0) is 12.3 Å². The van der Waals surface area contributed by atoms with Gasteiger partial charge in [0.15, 0.2) is 5.75 Å². The molecule has 0 aliphatic rings. The lowest BCUT2D eigenvalue weighted by molar-refractivity contribution is -0.394. The molecule has 1 rings (SSSR count). The summed E-state index contributed by atoms with van der Waals surface area (Å²) in [4.78, 5) is 19.9. The fourth-order valence-electron chi connectivity index (χ4n) is 1.58. The molecule has 0 saturated carbocycles. The molecule has 0 heterocycles. The quantitative estimate of drug-likeness (QED) is 0.642. The zero-order valence-electron chi connectivity index (χ0n) is 10.1. The SMILES string of the molecule is CCC(C)Cc1cc([N+](=O)[O-])cc([N+](=O)[O-])c1O. The minimum atomic E-state index is -0.817. The summed E-state index contributed by atoms with van der Waals surface area (Å²) in [6.45, 7) is 3.84. The van der Waals surface area contributed by atoms with Crippen LogP contribution in [0, 0.1) is 26.1 Å². The van der Waals surface area contributed by atoms with E-state index in [9.17, 15) is 25.3 Å². The number of non-ortho nitro benzene ring substituents is 1. The Bertz CT molecular complexity index is 487. The van der Waals surface area contributed by atoms with Gasteiger partial charge in [0.25, 0.3) is 5.69 Å². The molecule has 1 aromatic carbocycles. The summed E-state index contributed by atoms with van der Waals surface area (Å²) in [6, 6.07) is 1.96. The van der Waals surface area contributed by atoms with Crippen molar-refractivity contribution >= 4 is 11.4 Å². The number of aromatic hydroxyl groups is 1. The summed E-state index contributed by atoms with van der Waals surface area (Å²) in [6.07, 6.45) is 1.18. The number of rotatable bonds is 5. The Labute approximate surface area is 103 Å². The number of hydrogen-bond donors (Lipinski definition) is 1. The van der Waals surface area contributed by atoms with Crippen LogP contribution in [0.5, 0.6) is 5.75 Å². The van der Waals surface area contributed by atoms with Gasteiger partial charge in [0, 0.05) is 11.6 Å². The second-order valence-electron chi connectivity index (χ2n) is 4.20. The van der Waals surface area contributed by atoms with E-state index in [1.807, 2.05) is 13.8 Å². The molecule has 0 radical (unpaired) electrons. The maximum absolute atomic E-state index is 10.7. The van der Waals surface area contributed by atoms with Crippen LogP contribution in [0.3, 0.4) is 0 Å². The molecule has 0 aliphatic heterocycles. The molecule has 1 unspecified atom stereocenters. The maximum Gasteiger partial charge on any atom is 0.317 e. The average Bonchev–Trinajstić information content (AvgIpc) is 2.30. The number of phenolic OH excluding ortho intramolecular Hbond substituents is 1. The van der Waals surface area contributed by atoms with Crippen LogP contribution in [0.1, 0.15) is 25.8 Å².